The summed E-state index contributed by atoms with van der Waals surface area (Å²) in [6.07, 6.45) is 0. The van der Waals surface area contributed by atoms with Gasteiger partial charge in [0.2, 0.25) is 5.76 Å². The number of aromatic hydroxyl groups is 1. The van der Waals surface area contributed by atoms with E-state index in [0.717, 1.165) is 5.69 Å². The third kappa shape index (κ3) is 2.76. The van der Waals surface area contributed by atoms with Gasteiger partial charge in [0.15, 0.2) is 5.43 Å². The van der Waals surface area contributed by atoms with E-state index in [2.05, 4.69) is 4.98 Å². The van der Waals surface area contributed by atoms with Gasteiger partial charge in [-0.15, -0.1) is 0 Å². The lowest BCUT2D eigenvalue weighted by Gasteiger charge is -2.24. The van der Waals surface area contributed by atoms with E-state index in [9.17, 15) is 14.7 Å². The Hall–Kier alpha value is -3.64. The normalized spacial score (nSPS) is 15.6. The van der Waals surface area contributed by atoms with Crippen LogP contribution in [0.15, 0.2) is 69.9 Å². The van der Waals surface area contributed by atoms with Gasteiger partial charge in [-0.05, 0) is 55.0 Å². The van der Waals surface area contributed by atoms with Crippen LogP contribution in [-0.2, 0) is 0 Å². The molecule has 1 aliphatic rings. The molecule has 5 rings (SSSR count). The molecule has 4 aromatic rings. The maximum Gasteiger partial charge on any atom is 0.296 e. The van der Waals surface area contributed by atoms with Crippen LogP contribution < -0.4 is 10.3 Å². The topological polar surface area (TPSA) is 83.6 Å². The molecule has 2 aromatic heterocycles. The second kappa shape index (κ2) is 6.71. The number of aromatic nitrogens is 1. The Kier molecular flexibility index (Phi) is 4.11. The summed E-state index contributed by atoms with van der Waals surface area (Å²) in [4.78, 5) is 32.8. The monoisotopic (exact) mass is 418 g/mol. The van der Waals surface area contributed by atoms with Crippen LogP contribution in [-0.4, -0.2) is 16.0 Å². The van der Waals surface area contributed by atoms with Gasteiger partial charge in [0.25, 0.3) is 5.91 Å². The highest BCUT2D eigenvalue weighted by Crippen LogP contribution is 2.41. The lowest BCUT2D eigenvalue weighted by Crippen LogP contribution is -2.30. The molecule has 7 heteroatoms. The number of hydrogen-bond donors (Lipinski definition) is 1. The Labute approximate surface area is 176 Å². The predicted molar refractivity (Wildman–Crippen MR) is 113 cm³/mol. The lowest BCUT2D eigenvalue weighted by atomic mass is 9.98. The number of nitrogens with zero attached hydrogens (tertiary/aromatic N) is 2. The molecule has 30 heavy (non-hydrogen) atoms. The van der Waals surface area contributed by atoms with E-state index in [1.54, 1.807) is 36.4 Å². The quantitative estimate of drug-likeness (QED) is 0.514. The number of benzene rings is 2. The van der Waals surface area contributed by atoms with Crippen molar-refractivity contribution in [3.63, 3.8) is 0 Å². The van der Waals surface area contributed by atoms with Crippen molar-refractivity contribution in [2.45, 2.75) is 13.0 Å². The van der Waals surface area contributed by atoms with Gasteiger partial charge in [-0.1, -0.05) is 29.8 Å². The summed E-state index contributed by atoms with van der Waals surface area (Å²) in [5.74, 6) is -0.0862. The number of carbonyl (C=O) groups excluding carboxylic acids is 1. The zero-order valence-electron chi connectivity index (χ0n) is 15.8. The number of phenolic OH excluding ortho intramolecular Hbond substituents is 1. The number of aryl methyl sites for hydroxylation is 1. The van der Waals surface area contributed by atoms with Crippen molar-refractivity contribution >= 4 is 34.3 Å². The van der Waals surface area contributed by atoms with Gasteiger partial charge in [-0.25, -0.2) is 4.98 Å². The number of halogens is 1. The Bertz CT molecular complexity index is 1400. The molecule has 1 unspecified atom stereocenters. The molecule has 6 nitrogen and oxygen atoms in total. The molecule has 0 saturated carbocycles. The number of anilines is 1. The van der Waals surface area contributed by atoms with Crippen molar-refractivity contribution in [2.75, 3.05) is 4.90 Å². The molecule has 1 aliphatic heterocycles. The molecule has 2 aromatic carbocycles. The number of fused-ring (bicyclic) bond motifs is 2. The van der Waals surface area contributed by atoms with Crippen molar-refractivity contribution in [2.24, 2.45) is 0 Å². The van der Waals surface area contributed by atoms with Crippen LogP contribution >= 0.6 is 11.6 Å². The molecule has 0 saturated heterocycles. The van der Waals surface area contributed by atoms with E-state index in [1.807, 2.05) is 13.0 Å². The first-order valence-corrected chi connectivity index (χ1v) is 9.64. The molecule has 3 heterocycles. The Morgan fingerprint density at radius 1 is 1.07 bits per heavy atom. The summed E-state index contributed by atoms with van der Waals surface area (Å²) in [5, 5.41) is 10.7. The highest BCUT2D eigenvalue weighted by atomic mass is 35.5. The van der Waals surface area contributed by atoms with Gasteiger partial charge < -0.3 is 9.52 Å². The summed E-state index contributed by atoms with van der Waals surface area (Å²) >= 11 is 6.09. The number of rotatable bonds is 2. The molecule has 0 fully saturated rings. The molecule has 1 N–H and O–H groups in total. The standard InChI is InChI=1S/C23H15ClN2O4/c1-12-4-2-7-18(25-12)26-20(13-5-3-6-15(27)10-13)19-21(28)16-11-14(24)8-9-17(16)30-22(19)23(26)29/h2-11,20,27H,1H3. The molecular weight excluding hydrogens is 404 g/mol. The van der Waals surface area contributed by atoms with Gasteiger partial charge in [0, 0.05) is 10.7 Å². The Morgan fingerprint density at radius 3 is 2.63 bits per heavy atom. The Balaban J connectivity index is 1.84. The minimum atomic E-state index is -0.798. The fourth-order valence-corrected chi connectivity index (χ4v) is 4.03. The van der Waals surface area contributed by atoms with Gasteiger partial charge in [-0.2, -0.15) is 0 Å². The number of phenols is 1. The minimum Gasteiger partial charge on any atom is -0.508 e. The number of amides is 1. The van der Waals surface area contributed by atoms with Crippen molar-refractivity contribution < 1.29 is 14.3 Å². The van der Waals surface area contributed by atoms with E-state index in [0.29, 0.717) is 21.8 Å². The molecule has 0 bridgehead atoms. The summed E-state index contributed by atoms with van der Waals surface area (Å²) in [6, 6.07) is 15.7. The lowest BCUT2D eigenvalue weighted by molar-refractivity contribution is 0.0970. The highest BCUT2D eigenvalue weighted by molar-refractivity contribution is 6.31. The van der Waals surface area contributed by atoms with Gasteiger partial charge in [-0.3, -0.25) is 14.5 Å². The summed E-state index contributed by atoms with van der Waals surface area (Å²) in [7, 11) is 0. The van der Waals surface area contributed by atoms with Crippen molar-refractivity contribution in [1.82, 2.24) is 4.98 Å². The van der Waals surface area contributed by atoms with Crippen molar-refractivity contribution in [1.29, 1.82) is 0 Å². The first-order valence-electron chi connectivity index (χ1n) is 9.26. The maximum absolute atomic E-state index is 13.5. The SMILES string of the molecule is Cc1cccc(N2C(=O)c3oc4ccc(Cl)cc4c(=O)c3C2c2cccc(O)c2)n1. The van der Waals surface area contributed by atoms with E-state index < -0.39 is 11.9 Å². The first-order chi connectivity index (χ1) is 14.4. The largest absolute Gasteiger partial charge is 0.508 e. The Morgan fingerprint density at radius 2 is 1.87 bits per heavy atom. The number of carbonyl (C=O) groups is 1. The molecule has 0 aliphatic carbocycles. The second-order valence-electron chi connectivity index (χ2n) is 7.12. The van der Waals surface area contributed by atoms with Crippen LogP contribution in [0.5, 0.6) is 5.75 Å². The first kappa shape index (κ1) is 18.4. The van der Waals surface area contributed by atoms with Crippen LogP contribution in [0.3, 0.4) is 0 Å². The van der Waals surface area contributed by atoms with Crippen LogP contribution in [0.4, 0.5) is 5.82 Å². The van der Waals surface area contributed by atoms with Crippen molar-refractivity contribution in [3.05, 3.63) is 98.5 Å². The highest BCUT2D eigenvalue weighted by Gasteiger charge is 2.44. The zero-order chi connectivity index (χ0) is 21.0. The molecule has 1 atom stereocenters. The van der Waals surface area contributed by atoms with Crippen molar-refractivity contribution in [3.8, 4) is 5.75 Å². The summed E-state index contributed by atoms with van der Waals surface area (Å²) < 4.78 is 5.88. The second-order valence-corrected chi connectivity index (χ2v) is 7.56. The van der Waals surface area contributed by atoms with E-state index in [1.165, 1.54) is 23.1 Å². The molecule has 0 spiro atoms. The van der Waals surface area contributed by atoms with Gasteiger partial charge in [0.05, 0.1) is 17.0 Å². The summed E-state index contributed by atoms with van der Waals surface area (Å²) in [6.45, 7) is 1.82. The van der Waals surface area contributed by atoms with Crippen LogP contribution in [0.25, 0.3) is 11.0 Å². The van der Waals surface area contributed by atoms with Gasteiger partial charge in [0.1, 0.15) is 17.2 Å². The zero-order valence-corrected chi connectivity index (χ0v) is 16.6. The van der Waals surface area contributed by atoms with Gasteiger partial charge >= 0.3 is 0 Å². The average Bonchev–Trinajstić information content (AvgIpc) is 3.01. The van der Waals surface area contributed by atoms with Crippen LogP contribution in [0.2, 0.25) is 5.02 Å². The van der Waals surface area contributed by atoms with E-state index >= 15 is 0 Å². The summed E-state index contributed by atoms with van der Waals surface area (Å²) in [5.41, 5.74) is 1.43. The van der Waals surface area contributed by atoms with E-state index in [-0.39, 0.29) is 28.1 Å². The number of pyridine rings is 1. The van der Waals surface area contributed by atoms with Crippen LogP contribution in [0, 0.1) is 6.92 Å². The molecule has 1 amide bonds. The third-order valence-electron chi connectivity index (χ3n) is 5.14. The molecule has 0 radical (unpaired) electrons. The van der Waals surface area contributed by atoms with Crippen LogP contribution in [0.1, 0.15) is 33.4 Å². The van der Waals surface area contributed by atoms with E-state index in [4.69, 9.17) is 16.0 Å². The average molecular weight is 419 g/mol. The third-order valence-corrected chi connectivity index (χ3v) is 5.37. The fourth-order valence-electron chi connectivity index (χ4n) is 3.85. The maximum atomic E-state index is 13.5. The smallest absolute Gasteiger partial charge is 0.296 e. The number of hydrogen-bond acceptors (Lipinski definition) is 5. The molecular formula is C23H15ClN2O4. The molecule has 148 valence electrons. The fraction of sp³-hybridized carbons (Fsp3) is 0.0870. The minimum absolute atomic E-state index is 0.0266. The predicted octanol–water partition coefficient (Wildman–Crippen LogP) is 4.61.